The number of anilines is 1. The minimum absolute atomic E-state index is 0.0438. The van der Waals surface area contributed by atoms with Gasteiger partial charge in [0.15, 0.2) is 22.3 Å². The minimum Gasteiger partial charge on any atom is -0.379 e. The maximum atomic E-state index is 5.65. The van der Waals surface area contributed by atoms with Crippen LogP contribution in [0.4, 0.5) is 5.82 Å². The highest BCUT2D eigenvalue weighted by Gasteiger charge is 2.26. The molecule has 0 saturated carbocycles. The van der Waals surface area contributed by atoms with E-state index in [9.17, 15) is 0 Å². The summed E-state index contributed by atoms with van der Waals surface area (Å²) in [5, 5.41) is 20.5. The van der Waals surface area contributed by atoms with Crippen LogP contribution in [-0.2, 0) is 4.74 Å². The van der Waals surface area contributed by atoms with Crippen LogP contribution in [-0.4, -0.2) is 36.7 Å². The van der Waals surface area contributed by atoms with E-state index >= 15 is 0 Å². The molecule has 1 atom stereocenters. The Bertz CT molecular complexity index is 726. The highest BCUT2D eigenvalue weighted by Crippen LogP contribution is 2.31. The largest absolute Gasteiger partial charge is 0.379 e. The zero-order valence-corrected chi connectivity index (χ0v) is 10.5. The molecular weight excluding hydrogens is 270 g/mol. The second-order valence-electron chi connectivity index (χ2n) is 4.16. The Morgan fingerprint density at radius 1 is 1.32 bits per heavy atom. The SMILES string of the molecule is Nc1nonc1-c1nn2c(C3CCCO3)nnc2s1. The third-order valence-electron chi connectivity index (χ3n) is 2.95. The Balaban J connectivity index is 1.82. The van der Waals surface area contributed by atoms with Crippen molar-refractivity contribution in [3.63, 3.8) is 0 Å². The fraction of sp³-hybridized carbons (Fsp3) is 0.444. The maximum absolute atomic E-state index is 5.65. The minimum atomic E-state index is -0.0438. The number of hydrogen-bond donors (Lipinski definition) is 1. The molecule has 4 heterocycles. The average Bonchev–Trinajstić information content (AvgIpc) is 3.10. The van der Waals surface area contributed by atoms with Crippen molar-refractivity contribution in [3.8, 4) is 10.7 Å². The molecule has 1 aliphatic heterocycles. The van der Waals surface area contributed by atoms with Crippen molar-refractivity contribution < 1.29 is 9.37 Å². The molecule has 2 N–H and O–H groups in total. The molecule has 9 nitrogen and oxygen atoms in total. The quantitative estimate of drug-likeness (QED) is 0.727. The summed E-state index contributed by atoms with van der Waals surface area (Å²) in [4.78, 5) is 0.669. The first-order chi connectivity index (χ1) is 9.33. The summed E-state index contributed by atoms with van der Waals surface area (Å²) < 4.78 is 11.8. The van der Waals surface area contributed by atoms with E-state index in [0.29, 0.717) is 21.5 Å². The predicted octanol–water partition coefficient (Wildman–Crippen LogP) is 0.669. The first-order valence-corrected chi connectivity index (χ1v) is 6.57. The lowest BCUT2D eigenvalue weighted by Crippen LogP contribution is -2.03. The topological polar surface area (TPSA) is 117 Å². The monoisotopic (exact) mass is 279 g/mol. The molecule has 0 aromatic carbocycles. The summed E-state index contributed by atoms with van der Waals surface area (Å²) in [5.41, 5.74) is 6.08. The van der Waals surface area contributed by atoms with Crippen molar-refractivity contribution in [2.24, 2.45) is 0 Å². The molecule has 1 aliphatic rings. The van der Waals surface area contributed by atoms with Crippen LogP contribution < -0.4 is 5.73 Å². The molecule has 1 fully saturated rings. The highest BCUT2D eigenvalue weighted by molar-refractivity contribution is 7.19. The second kappa shape index (κ2) is 3.96. The van der Waals surface area contributed by atoms with Gasteiger partial charge < -0.3 is 10.5 Å². The number of hydrogen-bond acceptors (Lipinski definition) is 9. The van der Waals surface area contributed by atoms with E-state index in [1.54, 1.807) is 4.52 Å². The van der Waals surface area contributed by atoms with Gasteiger partial charge in [0.05, 0.1) is 0 Å². The van der Waals surface area contributed by atoms with Crippen LogP contribution in [0.3, 0.4) is 0 Å². The number of nitrogen functional groups attached to an aromatic ring is 1. The number of rotatable bonds is 2. The molecule has 1 saturated heterocycles. The molecule has 0 aliphatic carbocycles. The zero-order valence-electron chi connectivity index (χ0n) is 9.68. The molecule has 0 bridgehead atoms. The molecule has 0 amide bonds. The van der Waals surface area contributed by atoms with Gasteiger partial charge in [0.1, 0.15) is 6.10 Å². The van der Waals surface area contributed by atoms with Gasteiger partial charge >= 0.3 is 0 Å². The Morgan fingerprint density at radius 2 is 2.26 bits per heavy atom. The lowest BCUT2D eigenvalue weighted by atomic mass is 10.2. The standard InChI is InChI=1S/C9H9N7O2S/c10-6-5(14-18-15-6)8-13-16-7(4-2-1-3-17-4)11-12-9(16)19-8/h4H,1-3H2,(H2,10,15). The van der Waals surface area contributed by atoms with Crippen LogP contribution in [0.2, 0.25) is 0 Å². The molecule has 0 radical (unpaired) electrons. The Hall–Kier alpha value is -2.07. The molecule has 4 rings (SSSR count). The van der Waals surface area contributed by atoms with Crippen LogP contribution in [0.15, 0.2) is 4.63 Å². The summed E-state index contributed by atoms with van der Waals surface area (Å²) in [7, 11) is 0. The van der Waals surface area contributed by atoms with E-state index in [0.717, 1.165) is 19.4 Å². The van der Waals surface area contributed by atoms with Gasteiger partial charge in [0, 0.05) is 6.61 Å². The van der Waals surface area contributed by atoms with E-state index < -0.39 is 0 Å². The lowest BCUT2D eigenvalue weighted by molar-refractivity contribution is 0.103. The third-order valence-corrected chi connectivity index (χ3v) is 3.85. The zero-order chi connectivity index (χ0) is 12.8. The van der Waals surface area contributed by atoms with Gasteiger partial charge in [-0.15, -0.1) is 10.2 Å². The fourth-order valence-electron chi connectivity index (χ4n) is 2.05. The number of nitrogens with two attached hydrogens (primary N) is 1. The molecule has 3 aromatic rings. The number of ether oxygens (including phenoxy) is 1. The smallest absolute Gasteiger partial charge is 0.235 e. The molecule has 3 aromatic heterocycles. The molecular formula is C9H9N7O2S. The molecule has 98 valence electrons. The fourth-order valence-corrected chi connectivity index (χ4v) is 2.89. The predicted molar refractivity (Wildman–Crippen MR) is 64.3 cm³/mol. The first-order valence-electron chi connectivity index (χ1n) is 5.75. The van der Waals surface area contributed by atoms with Crippen molar-refractivity contribution in [2.75, 3.05) is 12.3 Å². The third kappa shape index (κ3) is 1.60. The van der Waals surface area contributed by atoms with Gasteiger partial charge in [-0.25, -0.2) is 4.63 Å². The second-order valence-corrected chi connectivity index (χ2v) is 5.12. The summed E-state index contributed by atoms with van der Waals surface area (Å²) in [6, 6.07) is 0. The summed E-state index contributed by atoms with van der Waals surface area (Å²) in [6.07, 6.45) is 1.91. The Kier molecular flexibility index (Phi) is 2.26. The Labute approximate surface area is 110 Å². The highest BCUT2D eigenvalue weighted by atomic mass is 32.1. The van der Waals surface area contributed by atoms with Crippen molar-refractivity contribution >= 4 is 22.1 Å². The average molecular weight is 279 g/mol. The van der Waals surface area contributed by atoms with Crippen LogP contribution in [0, 0.1) is 0 Å². The van der Waals surface area contributed by atoms with Crippen LogP contribution in [0.1, 0.15) is 24.8 Å². The molecule has 1 unspecified atom stereocenters. The van der Waals surface area contributed by atoms with Crippen molar-refractivity contribution in [3.05, 3.63) is 5.82 Å². The van der Waals surface area contributed by atoms with E-state index in [-0.39, 0.29) is 11.9 Å². The molecule has 19 heavy (non-hydrogen) atoms. The van der Waals surface area contributed by atoms with Crippen molar-refractivity contribution in [2.45, 2.75) is 18.9 Å². The van der Waals surface area contributed by atoms with Gasteiger partial charge in [0.25, 0.3) is 0 Å². The number of nitrogens with zero attached hydrogens (tertiary/aromatic N) is 6. The normalized spacial score (nSPS) is 19.5. The van der Waals surface area contributed by atoms with E-state index in [1.807, 2.05) is 0 Å². The maximum Gasteiger partial charge on any atom is 0.235 e. The van der Waals surface area contributed by atoms with Crippen LogP contribution >= 0.6 is 11.3 Å². The summed E-state index contributed by atoms with van der Waals surface area (Å²) in [6.45, 7) is 0.747. The first kappa shape index (κ1) is 10.8. The summed E-state index contributed by atoms with van der Waals surface area (Å²) in [5.74, 6) is 0.925. The van der Waals surface area contributed by atoms with Crippen LogP contribution in [0.5, 0.6) is 0 Å². The van der Waals surface area contributed by atoms with Gasteiger partial charge in [-0.1, -0.05) is 11.3 Å². The van der Waals surface area contributed by atoms with E-state index in [1.165, 1.54) is 11.3 Å². The van der Waals surface area contributed by atoms with Gasteiger partial charge in [-0.05, 0) is 23.2 Å². The Morgan fingerprint density at radius 3 is 3.00 bits per heavy atom. The van der Waals surface area contributed by atoms with Gasteiger partial charge in [0.2, 0.25) is 4.96 Å². The van der Waals surface area contributed by atoms with Gasteiger partial charge in [-0.2, -0.15) is 9.61 Å². The van der Waals surface area contributed by atoms with E-state index in [2.05, 4.69) is 30.2 Å². The number of aromatic nitrogens is 6. The van der Waals surface area contributed by atoms with Crippen LogP contribution in [0.25, 0.3) is 15.7 Å². The van der Waals surface area contributed by atoms with E-state index in [4.69, 9.17) is 10.5 Å². The molecule has 10 heteroatoms. The lowest BCUT2D eigenvalue weighted by Gasteiger charge is -2.03. The van der Waals surface area contributed by atoms with Crippen molar-refractivity contribution in [1.82, 2.24) is 30.1 Å². The molecule has 0 spiro atoms. The van der Waals surface area contributed by atoms with Gasteiger partial charge in [-0.3, -0.25) is 0 Å². The van der Waals surface area contributed by atoms with Crippen molar-refractivity contribution in [1.29, 1.82) is 0 Å². The summed E-state index contributed by atoms with van der Waals surface area (Å²) >= 11 is 1.33. The number of fused-ring (bicyclic) bond motifs is 1.